The van der Waals surface area contributed by atoms with Gasteiger partial charge in [0, 0.05) is 21.7 Å². The highest BCUT2D eigenvalue weighted by atomic mass is 35.5. The summed E-state index contributed by atoms with van der Waals surface area (Å²) < 4.78 is 0. The molecule has 0 saturated heterocycles. The summed E-state index contributed by atoms with van der Waals surface area (Å²) in [6, 6.07) is 50.0. The Morgan fingerprint density at radius 2 is 0.721 bits per heavy atom. The molecule has 0 fully saturated rings. The Morgan fingerprint density at radius 3 is 1.26 bits per heavy atom. The number of benzene rings is 7. The van der Waals surface area contributed by atoms with Crippen LogP contribution in [0.3, 0.4) is 0 Å². The first-order valence-electron chi connectivity index (χ1n) is 14.2. The smallest absolute Gasteiger partial charge is 0.164 e. The first kappa shape index (κ1) is 25.3. The first-order valence-corrected chi connectivity index (χ1v) is 14.6. The van der Waals surface area contributed by atoms with Gasteiger partial charge in [-0.25, -0.2) is 15.0 Å². The lowest BCUT2D eigenvalue weighted by Gasteiger charge is -2.13. The van der Waals surface area contributed by atoms with Gasteiger partial charge < -0.3 is 0 Å². The Kier molecular flexibility index (Phi) is 6.17. The molecule has 43 heavy (non-hydrogen) atoms. The lowest BCUT2D eigenvalue weighted by molar-refractivity contribution is 1.07. The molecule has 0 bridgehead atoms. The van der Waals surface area contributed by atoms with E-state index in [4.69, 9.17) is 26.6 Å². The molecule has 8 rings (SSSR count). The Bertz CT molecular complexity index is 2200. The van der Waals surface area contributed by atoms with Crippen LogP contribution in [0.15, 0.2) is 146 Å². The maximum atomic E-state index is 6.78. The molecule has 0 aliphatic heterocycles. The van der Waals surface area contributed by atoms with Gasteiger partial charge in [0.1, 0.15) is 0 Å². The normalized spacial score (nSPS) is 11.4. The summed E-state index contributed by atoms with van der Waals surface area (Å²) in [5.74, 6) is 1.82. The van der Waals surface area contributed by atoms with Gasteiger partial charge in [0.25, 0.3) is 0 Å². The molecule has 1 aromatic heterocycles. The average molecular weight is 570 g/mol. The van der Waals surface area contributed by atoms with Gasteiger partial charge in [-0.05, 0) is 67.7 Å². The Balaban J connectivity index is 1.32. The van der Waals surface area contributed by atoms with Gasteiger partial charge >= 0.3 is 0 Å². The van der Waals surface area contributed by atoms with Crippen molar-refractivity contribution in [1.82, 2.24) is 15.0 Å². The van der Waals surface area contributed by atoms with Crippen molar-refractivity contribution in [1.29, 1.82) is 0 Å². The van der Waals surface area contributed by atoms with Crippen LogP contribution in [0.25, 0.3) is 77.6 Å². The van der Waals surface area contributed by atoms with E-state index < -0.39 is 0 Å². The van der Waals surface area contributed by atoms with Gasteiger partial charge in [-0.15, -0.1) is 0 Å². The summed E-state index contributed by atoms with van der Waals surface area (Å²) in [5, 5.41) is 8.07. The third kappa shape index (κ3) is 4.61. The highest BCUT2D eigenvalue weighted by Crippen LogP contribution is 2.38. The van der Waals surface area contributed by atoms with Crippen molar-refractivity contribution in [3.05, 3.63) is 151 Å². The average Bonchev–Trinajstić information content (AvgIpc) is 3.08. The molecular weight excluding hydrogens is 546 g/mol. The van der Waals surface area contributed by atoms with Crippen molar-refractivity contribution in [2.45, 2.75) is 0 Å². The van der Waals surface area contributed by atoms with E-state index >= 15 is 0 Å². The fourth-order valence-corrected chi connectivity index (χ4v) is 6.15. The van der Waals surface area contributed by atoms with Crippen LogP contribution in [0.4, 0.5) is 0 Å². The quantitative estimate of drug-likeness (QED) is 0.198. The van der Waals surface area contributed by atoms with Crippen LogP contribution in [0.5, 0.6) is 0 Å². The number of fused-ring (bicyclic) bond motifs is 6. The van der Waals surface area contributed by atoms with Crippen molar-refractivity contribution in [3.8, 4) is 45.3 Å². The molecule has 0 aliphatic rings. The number of nitrogens with zero attached hydrogens (tertiary/aromatic N) is 3. The number of hydrogen-bond acceptors (Lipinski definition) is 3. The van der Waals surface area contributed by atoms with E-state index in [1.165, 1.54) is 32.3 Å². The lowest BCUT2D eigenvalue weighted by Crippen LogP contribution is -2.00. The van der Waals surface area contributed by atoms with Gasteiger partial charge in [-0.3, -0.25) is 0 Å². The van der Waals surface area contributed by atoms with E-state index in [0.717, 1.165) is 27.8 Å². The molecule has 8 aromatic rings. The molecule has 0 amide bonds. The van der Waals surface area contributed by atoms with Crippen molar-refractivity contribution in [3.63, 3.8) is 0 Å². The maximum Gasteiger partial charge on any atom is 0.164 e. The predicted octanol–water partition coefficient (Wildman–Crippen LogP) is 10.7. The van der Waals surface area contributed by atoms with Crippen molar-refractivity contribution in [2.75, 3.05) is 0 Å². The van der Waals surface area contributed by atoms with Crippen molar-refractivity contribution in [2.24, 2.45) is 0 Å². The second kappa shape index (κ2) is 10.5. The molecule has 0 unspecified atom stereocenters. The fraction of sp³-hybridized carbons (Fsp3) is 0. The van der Waals surface area contributed by atoms with E-state index in [2.05, 4.69) is 72.8 Å². The third-order valence-corrected chi connectivity index (χ3v) is 8.15. The van der Waals surface area contributed by atoms with Gasteiger partial charge in [0.05, 0.1) is 0 Å². The number of aromatic nitrogens is 3. The molecule has 0 spiro atoms. The van der Waals surface area contributed by atoms with Gasteiger partial charge in [-0.2, -0.15) is 0 Å². The van der Waals surface area contributed by atoms with Gasteiger partial charge in [0.2, 0.25) is 0 Å². The molecule has 1 heterocycles. The summed E-state index contributed by atoms with van der Waals surface area (Å²) in [4.78, 5) is 14.7. The Labute approximate surface area is 254 Å². The highest BCUT2D eigenvalue weighted by molar-refractivity contribution is 6.31. The number of hydrogen-bond donors (Lipinski definition) is 0. The molecule has 3 nitrogen and oxygen atoms in total. The summed E-state index contributed by atoms with van der Waals surface area (Å²) in [7, 11) is 0. The second-order valence-electron chi connectivity index (χ2n) is 10.6. The minimum absolute atomic E-state index is 0.577. The van der Waals surface area contributed by atoms with Crippen LogP contribution in [0, 0.1) is 0 Å². The maximum absolute atomic E-state index is 6.78. The zero-order chi connectivity index (χ0) is 28.8. The zero-order valence-corrected chi connectivity index (χ0v) is 23.8. The van der Waals surface area contributed by atoms with Crippen LogP contribution in [0.1, 0.15) is 0 Å². The first-order chi connectivity index (χ1) is 21.2. The van der Waals surface area contributed by atoms with Crippen molar-refractivity contribution >= 4 is 43.9 Å². The van der Waals surface area contributed by atoms with E-state index in [-0.39, 0.29) is 0 Å². The second-order valence-corrected chi connectivity index (χ2v) is 11.1. The molecule has 0 atom stereocenters. The molecule has 0 saturated carbocycles. The van der Waals surface area contributed by atoms with Crippen molar-refractivity contribution < 1.29 is 0 Å². The van der Waals surface area contributed by atoms with E-state index in [0.29, 0.717) is 22.5 Å². The molecule has 202 valence electrons. The van der Waals surface area contributed by atoms with Crippen LogP contribution in [-0.4, -0.2) is 15.0 Å². The topological polar surface area (TPSA) is 38.7 Å². The minimum Gasteiger partial charge on any atom is -0.208 e. The van der Waals surface area contributed by atoms with Crippen LogP contribution < -0.4 is 0 Å². The number of rotatable bonds is 4. The monoisotopic (exact) mass is 569 g/mol. The lowest BCUT2D eigenvalue weighted by atomic mass is 9.92. The molecule has 7 aromatic carbocycles. The van der Waals surface area contributed by atoms with E-state index in [1.807, 2.05) is 72.8 Å². The highest BCUT2D eigenvalue weighted by Gasteiger charge is 2.15. The Hall–Kier alpha value is -5.38. The molecule has 0 radical (unpaired) electrons. The Morgan fingerprint density at radius 1 is 0.302 bits per heavy atom. The van der Waals surface area contributed by atoms with E-state index in [1.54, 1.807) is 0 Å². The van der Waals surface area contributed by atoms with Gasteiger partial charge in [-0.1, -0.05) is 133 Å². The standard InChI is InChI=1S/C39H24ClN3/c40-30-22-28(27-19-20-35-33-17-8-7-15-31(33)32-16-9-10-18-34(32)36(35)24-27)21-29(23-30)39-42-37(25-11-3-1-4-12-25)41-38(43-39)26-13-5-2-6-14-26/h1-24H. The predicted molar refractivity (Wildman–Crippen MR) is 179 cm³/mol. The largest absolute Gasteiger partial charge is 0.208 e. The third-order valence-electron chi connectivity index (χ3n) is 7.93. The molecule has 0 N–H and O–H groups in total. The SMILES string of the molecule is Clc1cc(-c2ccc3c4ccccc4c4ccccc4c3c2)cc(-c2nc(-c3ccccc3)nc(-c3ccccc3)n2)c1. The van der Waals surface area contributed by atoms with Crippen LogP contribution in [0.2, 0.25) is 5.02 Å². The minimum atomic E-state index is 0.577. The summed E-state index contributed by atoms with van der Waals surface area (Å²) in [6.07, 6.45) is 0. The van der Waals surface area contributed by atoms with E-state index in [9.17, 15) is 0 Å². The molecule has 0 aliphatic carbocycles. The molecular formula is C39H24ClN3. The zero-order valence-electron chi connectivity index (χ0n) is 23.1. The summed E-state index contributed by atoms with van der Waals surface area (Å²) in [6.45, 7) is 0. The van der Waals surface area contributed by atoms with Gasteiger partial charge in [0.15, 0.2) is 17.5 Å². The molecule has 4 heteroatoms. The fourth-order valence-electron chi connectivity index (χ4n) is 5.91. The summed E-state index contributed by atoms with van der Waals surface area (Å²) in [5.41, 5.74) is 4.78. The number of halogens is 1. The van der Waals surface area contributed by atoms with Crippen LogP contribution in [-0.2, 0) is 0 Å². The summed E-state index contributed by atoms with van der Waals surface area (Å²) >= 11 is 6.78. The van der Waals surface area contributed by atoms with Crippen LogP contribution >= 0.6 is 11.6 Å².